The number of carbonyl (C=O) groups excluding carboxylic acids is 2. The van der Waals surface area contributed by atoms with Crippen molar-refractivity contribution < 1.29 is 28.2 Å². The van der Waals surface area contributed by atoms with Gasteiger partial charge in [0, 0.05) is 6.42 Å². The molecule has 8 nitrogen and oxygen atoms in total. The van der Waals surface area contributed by atoms with Gasteiger partial charge in [0.25, 0.3) is 5.91 Å². The van der Waals surface area contributed by atoms with Gasteiger partial charge in [0.15, 0.2) is 0 Å². The molecule has 2 N–H and O–H groups in total. The lowest BCUT2D eigenvalue weighted by Gasteiger charge is -2.11. The van der Waals surface area contributed by atoms with Crippen molar-refractivity contribution in [1.82, 2.24) is 20.0 Å². The molecule has 0 aliphatic carbocycles. The maximum absolute atomic E-state index is 13.6. The monoisotopic (exact) mass is 516 g/mol. The maximum Gasteiger partial charge on any atom is 0.329 e. The highest BCUT2D eigenvalue weighted by Gasteiger charge is 2.34. The first-order valence-electron chi connectivity index (χ1n) is 11.6. The van der Waals surface area contributed by atoms with E-state index in [2.05, 4.69) is 10.4 Å². The summed E-state index contributed by atoms with van der Waals surface area (Å²) in [6.07, 6.45) is 1.57. The third-order valence-corrected chi connectivity index (χ3v) is 6.06. The number of carbonyl (C=O) groups is 2. The molecular formula is C28H22F2N4O4. The van der Waals surface area contributed by atoms with Crippen LogP contribution in [0.4, 0.5) is 13.6 Å². The number of hydrogen-bond donors (Lipinski definition) is 2. The van der Waals surface area contributed by atoms with Crippen LogP contribution in [0, 0.1) is 11.6 Å². The summed E-state index contributed by atoms with van der Waals surface area (Å²) in [5, 5.41) is 18.2. The van der Waals surface area contributed by atoms with Gasteiger partial charge in [-0.05, 0) is 65.7 Å². The average molecular weight is 517 g/mol. The van der Waals surface area contributed by atoms with Gasteiger partial charge >= 0.3 is 6.03 Å². The first kappa shape index (κ1) is 24.7. The van der Waals surface area contributed by atoms with E-state index in [1.54, 1.807) is 42.5 Å². The number of benzene rings is 3. The van der Waals surface area contributed by atoms with Gasteiger partial charge in [0.2, 0.25) is 5.88 Å². The lowest BCUT2D eigenvalue weighted by molar-refractivity contribution is -0.123. The summed E-state index contributed by atoms with van der Waals surface area (Å²) in [6, 6.07) is 17.6. The molecule has 38 heavy (non-hydrogen) atoms. The van der Waals surface area contributed by atoms with Gasteiger partial charge in [-0.25, -0.2) is 18.3 Å². The van der Waals surface area contributed by atoms with Gasteiger partial charge in [-0.1, -0.05) is 24.3 Å². The number of urea groups is 1. The van der Waals surface area contributed by atoms with E-state index in [-0.39, 0.29) is 35.9 Å². The zero-order valence-corrected chi connectivity index (χ0v) is 20.2. The average Bonchev–Trinajstić information content (AvgIpc) is 3.36. The topological polar surface area (TPSA) is 96.7 Å². The van der Waals surface area contributed by atoms with Crippen molar-refractivity contribution in [3.8, 4) is 17.3 Å². The van der Waals surface area contributed by atoms with Crippen LogP contribution in [0.2, 0.25) is 0 Å². The standard InChI is InChI=1S/C28H22F2N4O4/c1-38-22-11-9-21(10-12-22)34-26(35)23(24(32-34)14-17-5-7-19(29)8-6-17)15-25-27(36)33(28(37)31-25)16-18-3-2-4-20(30)13-18/h2-13,15,35H,14,16H2,1H3,(H,31,37)/b25-15-. The van der Waals surface area contributed by atoms with Gasteiger partial charge in [-0.3, -0.25) is 9.69 Å². The quantitative estimate of drug-likeness (QED) is 0.278. The molecule has 10 heteroatoms. The van der Waals surface area contributed by atoms with E-state index in [1.807, 2.05) is 0 Å². The van der Waals surface area contributed by atoms with E-state index in [9.17, 15) is 23.5 Å². The van der Waals surface area contributed by atoms with Crippen LogP contribution < -0.4 is 10.1 Å². The molecule has 0 radical (unpaired) electrons. The zero-order chi connectivity index (χ0) is 26.8. The molecule has 0 unspecified atom stereocenters. The van der Waals surface area contributed by atoms with Crippen LogP contribution >= 0.6 is 0 Å². The number of amides is 3. The number of halogens is 2. The van der Waals surface area contributed by atoms with E-state index in [0.717, 1.165) is 10.5 Å². The molecular weight excluding hydrogens is 494 g/mol. The van der Waals surface area contributed by atoms with Crippen LogP contribution in [-0.2, 0) is 17.8 Å². The molecule has 0 spiro atoms. The second-order valence-corrected chi connectivity index (χ2v) is 8.61. The van der Waals surface area contributed by atoms with Gasteiger partial charge in [0.1, 0.15) is 23.1 Å². The number of aromatic hydroxyl groups is 1. The number of imide groups is 1. The molecule has 192 valence electrons. The second-order valence-electron chi connectivity index (χ2n) is 8.61. The van der Waals surface area contributed by atoms with Gasteiger partial charge in [-0.15, -0.1) is 0 Å². The Bertz CT molecular complexity index is 1550. The van der Waals surface area contributed by atoms with E-state index >= 15 is 0 Å². The lowest BCUT2D eigenvalue weighted by atomic mass is 10.1. The van der Waals surface area contributed by atoms with Crippen molar-refractivity contribution in [1.29, 1.82) is 0 Å². The Morgan fingerprint density at radius 3 is 2.39 bits per heavy atom. The van der Waals surface area contributed by atoms with Gasteiger partial charge < -0.3 is 15.2 Å². The summed E-state index contributed by atoms with van der Waals surface area (Å²) in [4.78, 5) is 26.6. The number of methoxy groups -OCH3 is 1. The minimum absolute atomic E-state index is 0.0728. The SMILES string of the molecule is COc1ccc(-n2nc(Cc3ccc(F)cc3)c(/C=C3\NC(=O)N(Cc4cccc(F)c4)C3=O)c2O)cc1. The predicted molar refractivity (Wildman–Crippen MR) is 134 cm³/mol. The minimum atomic E-state index is -0.673. The van der Waals surface area contributed by atoms with Crippen molar-refractivity contribution in [2.45, 2.75) is 13.0 Å². The van der Waals surface area contributed by atoms with Crippen molar-refractivity contribution in [2.24, 2.45) is 0 Å². The molecule has 1 aliphatic heterocycles. The van der Waals surface area contributed by atoms with Crippen LogP contribution in [0.5, 0.6) is 11.6 Å². The number of hydrogen-bond acceptors (Lipinski definition) is 5. The highest BCUT2D eigenvalue weighted by molar-refractivity contribution is 6.14. The molecule has 3 aromatic carbocycles. The summed E-state index contributed by atoms with van der Waals surface area (Å²) >= 11 is 0. The first-order chi connectivity index (χ1) is 18.3. The molecule has 0 saturated carbocycles. The molecule has 0 bridgehead atoms. The summed E-state index contributed by atoms with van der Waals surface area (Å²) in [5.41, 5.74) is 2.23. The second kappa shape index (κ2) is 10.2. The Morgan fingerprint density at radius 2 is 1.71 bits per heavy atom. The summed E-state index contributed by atoms with van der Waals surface area (Å²) in [5.74, 6) is -1.15. The smallest absolute Gasteiger partial charge is 0.329 e. The highest BCUT2D eigenvalue weighted by Crippen LogP contribution is 2.30. The number of rotatable bonds is 7. The highest BCUT2D eigenvalue weighted by atomic mass is 19.1. The Morgan fingerprint density at radius 1 is 0.974 bits per heavy atom. The molecule has 2 heterocycles. The Hall–Kier alpha value is -4.99. The number of ether oxygens (including phenoxy) is 1. The molecule has 1 fully saturated rings. The minimum Gasteiger partial charge on any atom is -0.497 e. The summed E-state index contributed by atoms with van der Waals surface area (Å²) < 4.78 is 33.5. The Labute approximate surface area is 216 Å². The number of aromatic nitrogens is 2. The maximum atomic E-state index is 13.6. The fraction of sp³-hybridized carbons (Fsp3) is 0.107. The third-order valence-electron chi connectivity index (χ3n) is 6.06. The molecule has 1 aromatic heterocycles. The normalized spacial score (nSPS) is 14.3. The Balaban J connectivity index is 1.52. The van der Waals surface area contributed by atoms with Crippen LogP contribution in [0.25, 0.3) is 11.8 Å². The van der Waals surface area contributed by atoms with E-state index < -0.39 is 17.8 Å². The fourth-order valence-corrected chi connectivity index (χ4v) is 4.12. The van der Waals surface area contributed by atoms with Crippen molar-refractivity contribution in [2.75, 3.05) is 7.11 Å². The van der Waals surface area contributed by atoms with Crippen LogP contribution in [0.3, 0.4) is 0 Å². The van der Waals surface area contributed by atoms with Crippen LogP contribution in [0.1, 0.15) is 22.4 Å². The van der Waals surface area contributed by atoms with Gasteiger partial charge in [-0.2, -0.15) is 5.10 Å². The molecule has 5 rings (SSSR count). The first-order valence-corrected chi connectivity index (χ1v) is 11.6. The zero-order valence-electron chi connectivity index (χ0n) is 20.2. The van der Waals surface area contributed by atoms with Crippen molar-refractivity contribution in [3.63, 3.8) is 0 Å². The number of nitrogens with one attached hydrogen (secondary N) is 1. The predicted octanol–water partition coefficient (Wildman–Crippen LogP) is 4.55. The van der Waals surface area contributed by atoms with Crippen molar-refractivity contribution in [3.05, 3.63) is 113 Å². The largest absolute Gasteiger partial charge is 0.497 e. The molecule has 0 atom stereocenters. The van der Waals surface area contributed by atoms with Gasteiger partial charge in [0.05, 0.1) is 30.6 Å². The van der Waals surface area contributed by atoms with Crippen LogP contribution in [-0.4, -0.2) is 38.8 Å². The molecule has 1 saturated heterocycles. The third kappa shape index (κ3) is 4.96. The lowest BCUT2D eigenvalue weighted by Crippen LogP contribution is -2.30. The summed E-state index contributed by atoms with van der Waals surface area (Å²) in [6.45, 7) is -0.126. The Kier molecular flexibility index (Phi) is 6.61. The number of nitrogens with zero attached hydrogens (tertiary/aromatic N) is 3. The fourth-order valence-electron chi connectivity index (χ4n) is 4.12. The van der Waals surface area contributed by atoms with E-state index in [1.165, 1.54) is 48.2 Å². The molecule has 3 amide bonds. The van der Waals surface area contributed by atoms with Crippen LogP contribution in [0.15, 0.2) is 78.5 Å². The van der Waals surface area contributed by atoms with Crippen molar-refractivity contribution >= 4 is 18.0 Å². The summed E-state index contributed by atoms with van der Waals surface area (Å²) in [7, 11) is 1.54. The van der Waals surface area contributed by atoms with E-state index in [0.29, 0.717) is 22.7 Å². The van der Waals surface area contributed by atoms with E-state index in [4.69, 9.17) is 4.74 Å². The molecule has 1 aliphatic rings. The molecule has 4 aromatic rings.